The molecule has 48 heavy (non-hydrogen) atoms. The van der Waals surface area contributed by atoms with Crippen molar-refractivity contribution >= 4 is 48.6 Å². The van der Waals surface area contributed by atoms with Gasteiger partial charge in [-0.25, -0.2) is 0 Å². The summed E-state index contributed by atoms with van der Waals surface area (Å²) in [6.45, 7) is 14.4. The Morgan fingerprint density at radius 3 is 1.81 bits per heavy atom. The zero-order valence-electron chi connectivity index (χ0n) is 28.7. The number of fused-ring (bicyclic) bond motifs is 7. The lowest BCUT2D eigenvalue weighted by molar-refractivity contribution is 0.403. The van der Waals surface area contributed by atoms with Crippen molar-refractivity contribution in [3.05, 3.63) is 150 Å². The Kier molecular flexibility index (Phi) is 6.25. The zero-order valence-corrected chi connectivity index (χ0v) is 29.5. The minimum absolute atomic E-state index is 0.0673. The Bertz CT molecular complexity index is 2390. The van der Waals surface area contributed by atoms with Gasteiger partial charge in [-0.2, -0.15) is 0 Å². The first-order valence-electron chi connectivity index (χ1n) is 17.2. The van der Waals surface area contributed by atoms with Gasteiger partial charge in [0.05, 0.1) is 0 Å². The lowest BCUT2D eigenvalue weighted by Crippen LogP contribution is -2.17. The van der Waals surface area contributed by atoms with E-state index in [1.165, 1.54) is 82.5 Å². The quantitative estimate of drug-likeness (QED) is 0.185. The lowest BCUT2D eigenvalue weighted by atomic mass is 9.82. The molecule has 0 bridgehead atoms. The van der Waals surface area contributed by atoms with E-state index in [9.17, 15) is 0 Å². The van der Waals surface area contributed by atoms with E-state index in [1.807, 2.05) is 11.3 Å². The summed E-state index contributed by atoms with van der Waals surface area (Å²) in [5.74, 6) is 0. The van der Waals surface area contributed by atoms with E-state index < -0.39 is 0 Å². The summed E-state index contributed by atoms with van der Waals surface area (Å²) in [5, 5.41) is 2.74. The summed E-state index contributed by atoms with van der Waals surface area (Å²) < 4.78 is 2.73. The van der Waals surface area contributed by atoms with Gasteiger partial charge >= 0.3 is 0 Å². The molecule has 0 spiro atoms. The van der Waals surface area contributed by atoms with Gasteiger partial charge in [0, 0.05) is 42.6 Å². The molecule has 2 aliphatic carbocycles. The molecule has 0 radical (unpaired) electrons. The molecule has 1 nitrogen and oxygen atoms in total. The highest BCUT2D eigenvalue weighted by atomic mass is 32.1. The lowest BCUT2D eigenvalue weighted by Gasteiger charge is -2.28. The van der Waals surface area contributed by atoms with E-state index in [4.69, 9.17) is 0 Å². The summed E-state index contributed by atoms with van der Waals surface area (Å²) in [4.78, 5) is 2.45. The van der Waals surface area contributed by atoms with Crippen LogP contribution in [0.4, 0.5) is 17.1 Å². The minimum atomic E-state index is -0.0673. The summed E-state index contributed by atoms with van der Waals surface area (Å²) in [6.07, 6.45) is 1.19. The summed E-state index contributed by atoms with van der Waals surface area (Å²) in [5.41, 5.74) is 14.8. The van der Waals surface area contributed by atoms with E-state index in [0.29, 0.717) is 0 Å². The highest BCUT2D eigenvalue weighted by Gasteiger charge is 2.42. The standard InChI is InChI=1S/C46H41NS/c1-44(2)28-45(3,4)41-27-43-37(26-40(41)44)36-23-21-33(25-42(36)48-43)47(31-18-16-30(17-19-31)29-12-8-7-9-13-29)32-20-22-35-34-14-10-11-15-38(34)46(5,6)39(35)24-32/h7-27H,28H2,1-6H3. The van der Waals surface area contributed by atoms with Gasteiger partial charge in [0.15, 0.2) is 0 Å². The predicted molar refractivity (Wildman–Crippen MR) is 208 cm³/mol. The molecule has 0 atom stereocenters. The van der Waals surface area contributed by atoms with Gasteiger partial charge in [0.25, 0.3) is 0 Å². The number of anilines is 3. The largest absolute Gasteiger partial charge is 0.310 e. The molecule has 0 aliphatic heterocycles. The van der Waals surface area contributed by atoms with Crippen molar-refractivity contribution in [1.29, 1.82) is 0 Å². The second kappa shape index (κ2) is 10.2. The Morgan fingerprint density at radius 1 is 0.458 bits per heavy atom. The topological polar surface area (TPSA) is 3.24 Å². The van der Waals surface area contributed by atoms with Gasteiger partial charge in [0.2, 0.25) is 0 Å². The first-order chi connectivity index (χ1) is 23.0. The van der Waals surface area contributed by atoms with E-state index >= 15 is 0 Å². The molecule has 7 aromatic rings. The fraction of sp³-hybridized carbons (Fsp3) is 0.217. The Balaban J connectivity index is 1.21. The first kappa shape index (κ1) is 29.5. The SMILES string of the molecule is CC1(C)CC(C)(C)c2cc3c(cc21)sc1cc(N(c2ccc(-c4ccccc4)cc2)c2ccc4c(c2)C(C)(C)c2ccccc2-4)ccc13. The van der Waals surface area contributed by atoms with Crippen LogP contribution in [0.3, 0.4) is 0 Å². The smallest absolute Gasteiger partial charge is 0.0476 e. The van der Waals surface area contributed by atoms with Crippen LogP contribution in [0.15, 0.2) is 127 Å². The number of hydrogen-bond donors (Lipinski definition) is 0. The van der Waals surface area contributed by atoms with Gasteiger partial charge in [-0.3, -0.25) is 0 Å². The second-order valence-electron chi connectivity index (χ2n) is 15.8. The van der Waals surface area contributed by atoms with Crippen molar-refractivity contribution in [3.63, 3.8) is 0 Å². The second-order valence-corrected chi connectivity index (χ2v) is 16.9. The molecule has 2 aliphatic rings. The van der Waals surface area contributed by atoms with Crippen LogP contribution in [0.5, 0.6) is 0 Å². The molecule has 1 aromatic heterocycles. The van der Waals surface area contributed by atoms with Gasteiger partial charge in [-0.15, -0.1) is 11.3 Å². The molecule has 6 aromatic carbocycles. The van der Waals surface area contributed by atoms with Gasteiger partial charge < -0.3 is 4.90 Å². The van der Waals surface area contributed by atoms with Crippen molar-refractivity contribution < 1.29 is 0 Å². The highest BCUT2D eigenvalue weighted by molar-refractivity contribution is 7.25. The molecule has 0 saturated heterocycles. The number of nitrogens with zero attached hydrogens (tertiary/aromatic N) is 1. The fourth-order valence-corrected chi connectivity index (χ4v) is 10.2. The molecule has 0 saturated carbocycles. The molecule has 9 rings (SSSR count). The van der Waals surface area contributed by atoms with Crippen LogP contribution in [0, 0.1) is 0 Å². The molecule has 2 heteroatoms. The fourth-order valence-electron chi connectivity index (χ4n) is 9.08. The number of thiophene rings is 1. The molecular weight excluding hydrogens is 599 g/mol. The zero-order chi connectivity index (χ0) is 33.0. The summed E-state index contributed by atoms with van der Waals surface area (Å²) in [6, 6.07) is 47.8. The summed E-state index contributed by atoms with van der Waals surface area (Å²) >= 11 is 1.94. The first-order valence-corrected chi connectivity index (χ1v) is 18.0. The monoisotopic (exact) mass is 639 g/mol. The predicted octanol–water partition coefficient (Wildman–Crippen LogP) is 13.5. The van der Waals surface area contributed by atoms with E-state index in [2.05, 4.69) is 174 Å². The number of rotatable bonds is 4. The Morgan fingerprint density at radius 2 is 1.04 bits per heavy atom. The highest BCUT2D eigenvalue weighted by Crippen LogP contribution is 2.53. The van der Waals surface area contributed by atoms with E-state index in [1.54, 1.807) is 0 Å². The van der Waals surface area contributed by atoms with Crippen molar-refractivity contribution in [1.82, 2.24) is 0 Å². The van der Waals surface area contributed by atoms with Gasteiger partial charge in [-0.05, 0) is 110 Å². The van der Waals surface area contributed by atoms with Crippen LogP contribution in [0.1, 0.15) is 70.2 Å². The van der Waals surface area contributed by atoms with Crippen molar-refractivity contribution in [2.75, 3.05) is 4.90 Å². The maximum Gasteiger partial charge on any atom is 0.0476 e. The van der Waals surface area contributed by atoms with Crippen LogP contribution in [0.25, 0.3) is 42.4 Å². The van der Waals surface area contributed by atoms with E-state index in [-0.39, 0.29) is 16.2 Å². The van der Waals surface area contributed by atoms with Gasteiger partial charge in [0.1, 0.15) is 0 Å². The van der Waals surface area contributed by atoms with E-state index in [0.717, 1.165) is 5.69 Å². The van der Waals surface area contributed by atoms with Crippen molar-refractivity contribution in [3.8, 4) is 22.3 Å². The molecular formula is C46H41NS. The third-order valence-corrected chi connectivity index (χ3v) is 12.4. The minimum Gasteiger partial charge on any atom is -0.310 e. The maximum absolute atomic E-state index is 2.51. The number of benzene rings is 6. The molecule has 1 heterocycles. The Hall–Kier alpha value is -4.66. The van der Waals surface area contributed by atoms with Gasteiger partial charge in [-0.1, -0.05) is 120 Å². The van der Waals surface area contributed by atoms with Crippen LogP contribution in [-0.2, 0) is 16.2 Å². The maximum atomic E-state index is 2.51. The van der Waals surface area contributed by atoms with Crippen molar-refractivity contribution in [2.45, 2.75) is 64.2 Å². The third kappa shape index (κ3) is 4.35. The summed E-state index contributed by atoms with van der Waals surface area (Å²) in [7, 11) is 0. The van der Waals surface area contributed by atoms with Crippen molar-refractivity contribution in [2.24, 2.45) is 0 Å². The molecule has 0 N–H and O–H groups in total. The third-order valence-electron chi connectivity index (χ3n) is 11.3. The number of hydrogen-bond acceptors (Lipinski definition) is 2. The van der Waals surface area contributed by atoms with Crippen LogP contribution < -0.4 is 4.90 Å². The normalized spacial score (nSPS) is 16.5. The molecule has 0 amide bonds. The molecule has 236 valence electrons. The van der Waals surface area contributed by atoms with Crippen LogP contribution in [0.2, 0.25) is 0 Å². The van der Waals surface area contributed by atoms with Crippen LogP contribution in [-0.4, -0.2) is 0 Å². The molecule has 0 fully saturated rings. The average Bonchev–Trinajstić information content (AvgIpc) is 3.62. The Labute approximate surface area is 288 Å². The average molecular weight is 640 g/mol. The molecule has 0 unspecified atom stereocenters. The van der Waals surface area contributed by atoms with Crippen LogP contribution >= 0.6 is 11.3 Å².